The van der Waals surface area contributed by atoms with Crippen LogP contribution >= 0.6 is 0 Å². The molecule has 0 amide bonds. The van der Waals surface area contributed by atoms with E-state index in [1.165, 1.54) is 0 Å². The summed E-state index contributed by atoms with van der Waals surface area (Å²) in [7, 11) is 0. The number of nitrogens with one attached hydrogen (secondary N) is 2. The molecule has 4 rings (SSSR count). The maximum atomic E-state index is 5.80. The minimum Gasteiger partial charge on any atom is -0.491 e. The average molecular weight is 338 g/mol. The standard InChI is InChI=1S/C18H22N6O/c1-12(2)25-14-3-4-15-16(7-14)24(11-21-15)18-10-20-9-17(23-18)22-13-5-6-19-8-13/h3-4,7,9-13,19H,5-6,8H2,1-2H3,(H,22,23). The van der Waals surface area contributed by atoms with Gasteiger partial charge in [0.2, 0.25) is 0 Å². The number of hydrogen-bond donors (Lipinski definition) is 2. The van der Waals surface area contributed by atoms with E-state index in [9.17, 15) is 0 Å². The smallest absolute Gasteiger partial charge is 0.159 e. The van der Waals surface area contributed by atoms with Gasteiger partial charge in [-0.2, -0.15) is 0 Å². The van der Waals surface area contributed by atoms with Gasteiger partial charge in [-0.3, -0.25) is 9.55 Å². The Morgan fingerprint density at radius 2 is 2.24 bits per heavy atom. The molecule has 0 saturated carbocycles. The van der Waals surface area contributed by atoms with Crippen molar-refractivity contribution in [3.8, 4) is 11.6 Å². The van der Waals surface area contributed by atoms with E-state index in [4.69, 9.17) is 9.72 Å². The highest BCUT2D eigenvalue weighted by molar-refractivity contribution is 5.78. The van der Waals surface area contributed by atoms with Crippen LogP contribution in [0.4, 0.5) is 5.82 Å². The number of nitrogens with zero attached hydrogens (tertiary/aromatic N) is 4. The summed E-state index contributed by atoms with van der Waals surface area (Å²) in [5.41, 5.74) is 1.85. The number of benzene rings is 1. The second-order valence-electron chi connectivity index (χ2n) is 6.53. The topological polar surface area (TPSA) is 76.9 Å². The lowest BCUT2D eigenvalue weighted by molar-refractivity contribution is 0.242. The molecule has 0 spiro atoms. The summed E-state index contributed by atoms with van der Waals surface area (Å²) in [6.45, 7) is 6.02. The predicted molar refractivity (Wildman–Crippen MR) is 97.3 cm³/mol. The lowest BCUT2D eigenvalue weighted by Gasteiger charge is -2.13. The number of hydrogen-bond acceptors (Lipinski definition) is 6. The van der Waals surface area contributed by atoms with E-state index in [0.717, 1.165) is 47.9 Å². The van der Waals surface area contributed by atoms with Crippen LogP contribution in [0.5, 0.6) is 5.75 Å². The minimum absolute atomic E-state index is 0.126. The maximum absolute atomic E-state index is 5.80. The van der Waals surface area contributed by atoms with Crippen LogP contribution in [0.1, 0.15) is 20.3 Å². The molecule has 3 aromatic rings. The van der Waals surface area contributed by atoms with Gasteiger partial charge in [-0.25, -0.2) is 9.97 Å². The van der Waals surface area contributed by atoms with E-state index < -0.39 is 0 Å². The van der Waals surface area contributed by atoms with Crippen molar-refractivity contribution < 1.29 is 4.74 Å². The van der Waals surface area contributed by atoms with Gasteiger partial charge >= 0.3 is 0 Å². The fourth-order valence-corrected chi connectivity index (χ4v) is 3.04. The highest BCUT2D eigenvalue weighted by Gasteiger charge is 2.15. The van der Waals surface area contributed by atoms with E-state index in [2.05, 4.69) is 20.6 Å². The van der Waals surface area contributed by atoms with E-state index in [-0.39, 0.29) is 6.10 Å². The molecule has 25 heavy (non-hydrogen) atoms. The third kappa shape index (κ3) is 3.41. The summed E-state index contributed by atoms with van der Waals surface area (Å²) in [5.74, 6) is 2.34. The number of imidazole rings is 1. The molecule has 1 saturated heterocycles. The summed E-state index contributed by atoms with van der Waals surface area (Å²) in [4.78, 5) is 13.5. The van der Waals surface area contributed by atoms with E-state index in [1.54, 1.807) is 18.7 Å². The van der Waals surface area contributed by atoms with Gasteiger partial charge < -0.3 is 15.4 Å². The molecule has 1 fully saturated rings. The molecule has 0 aliphatic carbocycles. The van der Waals surface area contributed by atoms with Gasteiger partial charge in [0, 0.05) is 18.7 Å². The Bertz CT molecular complexity index is 869. The molecule has 2 aromatic heterocycles. The lowest BCUT2D eigenvalue weighted by atomic mass is 10.2. The Morgan fingerprint density at radius 1 is 1.32 bits per heavy atom. The van der Waals surface area contributed by atoms with Crippen LogP contribution < -0.4 is 15.4 Å². The molecule has 0 bridgehead atoms. The van der Waals surface area contributed by atoms with Gasteiger partial charge in [0.05, 0.1) is 29.5 Å². The van der Waals surface area contributed by atoms with Gasteiger partial charge in [-0.15, -0.1) is 0 Å². The highest BCUT2D eigenvalue weighted by Crippen LogP contribution is 2.23. The van der Waals surface area contributed by atoms with Crippen LogP contribution in [0.2, 0.25) is 0 Å². The molecule has 1 aromatic carbocycles. The molecule has 2 N–H and O–H groups in total. The quantitative estimate of drug-likeness (QED) is 0.744. The number of anilines is 1. The summed E-state index contributed by atoms with van der Waals surface area (Å²) in [6, 6.07) is 6.29. The molecular formula is C18H22N6O. The molecule has 130 valence electrons. The van der Waals surface area contributed by atoms with Crippen molar-refractivity contribution in [1.82, 2.24) is 24.8 Å². The molecule has 0 radical (unpaired) electrons. The van der Waals surface area contributed by atoms with Crippen LogP contribution in [-0.2, 0) is 0 Å². The van der Waals surface area contributed by atoms with Crippen LogP contribution in [0.25, 0.3) is 16.9 Å². The monoisotopic (exact) mass is 338 g/mol. The molecule has 1 unspecified atom stereocenters. The van der Waals surface area contributed by atoms with Gasteiger partial charge in [0.1, 0.15) is 17.9 Å². The number of ether oxygens (including phenoxy) is 1. The molecule has 1 aliphatic rings. The summed E-state index contributed by atoms with van der Waals surface area (Å²) >= 11 is 0. The SMILES string of the molecule is CC(C)Oc1ccc2ncn(-c3cncc(NC4CCNC4)n3)c2c1. The third-order valence-electron chi connectivity index (χ3n) is 4.17. The first-order valence-electron chi connectivity index (χ1n) is 8.62. The maximum Gasteiger partial charge on any atom is 0.159 e. The van der Waals surface area contributed by atoms with Crippen LogP contribution in [0, 0.1) is 0 Å². The Labute approximate surface area is 146 Å². The van der Waals surface area contributed by atoms with Crippen molar-refractivity contribution >= 4 is 16.9 Å². The number of rotatable bonds is 5. The van der Waals surface area contributed by atoms with Crippen LogP contribution in [-0.4, -0.2) is 44.8 Å². The van der Waals surface area contributed by atoms with Crippen LogP contribution in [0.15, 0.2) is 36.9 Å². The van der Waals surface area contributed by atoms with E-state index >= 15 is 0 Å². The normalized spacial score (nSPS) is 17.3. The Morgan fingerprint density at radius 3 is 3.04 bits per heavy atom. The molecule has 7 nitrogen and oxygen atoms in total. The van der Waals surface area contributed by atoms with Crippen LogP contribution in [0.3, 0.4) is 0 Å². The van der Waals surface area contributed by atoms with Gasteiger partial charge in [0.25, 0.3) is 0 Å². The summed E-state index contributed by atoms with van der Waals surface area (Å²) in [5, 5.41) is 6.78. The zero-order valence-electron chi connectivity index (χ0n) is 14.4. The molecule has 7 heteroatoms. The summed E-state index contributed by atoms with van der Waals surface area (Å²) < 4.78 is 7.74. The first-order valence-corrected chi connectivity index (χ1v) is 8.62. The number of fused-ring (bicyclic) bond motifs is 1. The molecule has 3 heterocycles. The fourth-order valence-electron chi connectivity index (χ4n) is 3.04. The third-order valence-corrected chi connectivity index (χ3v) is 4.17. The Hall–Kier alpha value is -2.67. The largest absolute Gasteiger partial charge is 0.491 e. The first-order chi connectivity index (χ1) is 12.2. The van der Waals surface area contributed by atoms with E-state index in [0.29, 0.717) is 6.04 Å². The molecule has 1 atom stereocenters. The molecular weight excluding hydrogens is 316 g/mol. The second kappa shape index (κ2) is 6.68. The van der Waals surface area contributed by atoms with Gasteiger partial charge in [-0.05, 0) is 38.9 Å². The predicted octanol–water partition coefficient (Wildman–Crippen LogP) is 2.38. The van der Waals surface area contributed by atoms with E-state index in [1.807, 2.05) is 36.6 Å². The zero-order valence-corrected chi connectivity index (χ0v) is 14.4. The minimum atomic E-state index is 0.126. The Kier molecular flexibility index (Phi) is 4.23. The average Bonchev–Trinajstić information content (AvgIpc) is 3.24. The van der Waals surface area contributed by atoms with Crippen molar-refractivity contribution in [3.05, 3.63) is 36.9 Å². The van der Waals surface area contributed by atoms with Crippen molar-refractivity contribution in [3.63, 3.8) is 0 Å². The van der Waals surface area contributed by atoms with Crippen molar-refractivity contribution in [1.29, 1.82) is 0 Å². The second-order valence-corrected chi connectivity index (χ2v) is 6.53. The number of aromatic nitrogens is 4. The van der Waals surface area contributed by atoms with Crippen molar-refractivity contribution in [2.45, 2.75) is 32.4 Å². The summed E-state index contributed by atoms with van der Waals surface area (Å²) in [6.07, 6.45) is 6.50. The Balaban J connectivity index is 1.66. The fraction of sp³-hybridized carbons (Fsp3) is 0.389. The van der Waals surface area contributed by atoms with Crippen molar-refractivity contribution in [2.24, 2.45) is 0 Å². The van der Waals surface area contributed by atoms with Gasteiger partial charge in [-0.1, -0.05) is 0 Å². The van der Waals surface area contributed by atoms with Crippen molar-refractivity contribution in [2.75, 3.05) is 18.4 Å². The molecule has 1 aliphatic heterocycles. The van der Waals surface area contributed by atoms with Gasteiger partial charge in [0.15, 0.2) is 5.82 Å². The lowest BCUT2D eigenvalue weighted by Crippen LogP contribution is -2.23. The highest BCUT2D eigenvalue weighted by atomic mass is 16.5. The first kappa shape index (κ1) is 15.8. The zero-order chi connectivity index (χ0) is 17.2.